The fourth-order valence-electron chi connectivity index (χ4n) is 2.00. The second-order valence-corrected chi connectivity index (χ2v) is 4.71. The van der Waals surface area contributed by atoms with Crippen LogP contribution in [0.15, 0.2) is 54.6 Å². The molecule has 2 aromatic rings. The lowest BCUT2D eigenvalue weighted by Gasteiger charge is -2.30. The molecule has 0 radical (unpaired) electrons. The Balaban J connectivity index is 2.22. The van der Waals surface area contributed by atoms with Crippen LogP contribution in [0.3, 0.4) is 0 Å². The normalized spacial score (nSPS) is 13.6. The van der Waals surface area contributed by atoms with E-state index < -0.39 is 5.54 Å². The molecule has 0 aliphatic carbocycles. The van der Waals surface area contributed by atoms with E-state index in [1.165, 1.54) is 0 Å². The molecule has 0 bridgehead atoms. The summed E-state index contributed by atoms with van der Waals surface area (Å²) in [7, 11) is 1.64. The molecule has 0 aromatic heterocycles. The number of hydrogen-bond acceptors (Lipinski definition) is 3. The fraction of sp³-hybridized carbons (Fsp3) is 0.250. The molecule has 19 heavy (non-hydrogen) atoms. The molecule has 3 heteroatoms. The third-order valence-corrected chi connectivity index (χ3v) is 3.24. The van der Waals surface area contributed by atoms with Crippen molar-refractivity contribution in [3.8, 4) is 5.75 Å². The highest BCUT2D eigenvalue weighted by molar-refractivity contribution is 5.50. The van der Waals surface area contributed by atoms with E-state index >= 15 is 0 Å². The third-order valence-electron chi connectivity index (χ3n) is 3.24. The van der Waals surface area contributed by atoms with Gasteiger partial charge in [0.25, 0.3) is 0 Å². The molecule has 0 fully saturated rings. The van der Waals surface area contributed by atoms with E-state index in [-0.39, 0.29) is 6.61 Å². The molecule has 0 saturated carbocycles. The SMILES string of the molecule is COc1ccc(NC(C)(CO)c2ccccc2)cc1. The van der Waals surface area contributed by atoms with Gasteiger partial charge in [0, 0.05) is 5.69 Å². The Morgan fingerprint density at radius 2 is 1.68 bits per heavy atom. The Hall–Kier alpha value is -2.00. The Kier molecular flexibility index (Phi) is 4.07. The Morgan fingerprint density at radius 3 is 2.21 bits per heavy atom. The molecule has 3 nitrogen and oxygen atoms in total. The number of ether oxygens (including phenoxy) is 1. The van der Waals surface area contributed by atoms with E-state index in [0.717, 1.165) is 17.0 Å². The minimum atomic E-state index is -0.504. The number of hydrogen-bond donors (Lipinski definition) is 2. The van der Waals surface area contributed by atoms with Crippen LogP contribution in [0, 0.1) is 0 Å². The summed E-state index contributed by atoms with van der Waals surface area (Å²) in [5.74, 6) is 0.816. The van der Waals surface area contributed by atoms with Crippen molar-refractivity contribution in [2.45, 2.75) is 12.5 Å². The first-order valence-electron chi connectivity index (χ1n) is 6.26. The standard InChI is InChI=1S/C16H19NO2/c1-16(12-18,13-6-4-3-5-7-13)17-14-8-10-15(19-2)11-9-14/h3-11,17-18H,12H2,1-2H3. The molecule has 100 valence electrons. The average Bonchev–Trinajstić information content (AvgIpc) is 2.49. The van der Waals surface area contributed by atoms with Crippen LogP contribution in [0.2, 0.25) is 0 Å². The number of methoxy groups -OCH3 is 1. The maximum absolute atomic E-state index is 9.71. The largest absolute Gasteiger partial charge is 0.497 e. The van der Waals surface area contributed by atoms with E-state index in [2.05, 4.69) is 5.32 Å². The van der Waals surface area contributed by atoms with Crippen molar-refractivity contribution in [2.75, 3.05) is 19.0 Å². The lowest BCUT2D eigenvalue weighted by Crippen LogP contribution is -2.35. The van der Waals surface area contributed by atoms with Crippen molar-refractivity contribution in [3.63, 3.8) is 0 Å². The monoisotopic (exact) mass is 257 g/mol. The van der Waals surface area contributed by atoms with E-state index in [9.17, 15) is 5.11 Å². The highest BCUT2D eigenvalue weighted by Gasteiger charge is 2.25. The first-order chi connectivity index (χ1) is 9.18. The number of anilines is 1. The van der Waals surface area contributed by atoms with Gasteiger partial charge in [-0.2, -0.15) is 0 Å². The second-order valence-electron chi connectivity index (χ2n) is 4.71. The summed E-state index contributed by atoms with van der Waals surface area (Å²) >= 11 is 0. The summed E-state index contributed by atoms with van der Waals surface area (Å²) in [6, 6.07) is 17.6. The lowest BCUT2D eigenvalue weighted by molar-refractivity contribution is 0.224. The van der Waals surface area contributed by atoms with E-state index in [1.807, 2.05) is 61.5 Å². The van der Waals surface area contributed by atoms with Gasteiger partial charge in [-0.3, -0.25) is 0 Å². The van der Waals surface area contributed by atoms with E-state index in [1.54, 1.807) is 7.11 Å². The van der Waals surface area contributed by atoms with Crippen molar-refractivity contribution in [1.82, 2.24) is 0 Å². The zero-order valence-electron chi connectivity index (χ0n) is 11.3. The fourth-order valence-corrected chi connectivity index (χ4v) is 2.00. The lowest BCUT2D eigenvalue weighted by atomic mass is 9.92. The number of aliphatic hydroxyl groups is 1. The van der Waals surface area contributed by atoms with Gasteiger partial charge < -0.3 is 15.2 Å². The van der Waals surface area contributed by atoms with Crippen molar-refractivity contribution in [3.05, 3.63) is 60.2 Å². The van der Waals surface area contributed by atoms with Gasteiger partial charge >= 0.3 is 0 Å². The third kappa shape index (κ3) is 3.06. The molecule has 2 aromatic carbocycles. The van der Waals surface area contributed by atoms with Gasteiger partial charge in [0.05, 0.1) is 19.3 Å². The highest BCUT2D eigenvalue weighted by atomic mass is 16.5. The predicted molar refractivity (Wildman–Crippen MR) is 77.5 cm³/mol. The summed E-state index contributed by atoms with van der Waals surface area (Å²) < 4.78 is 5.13. The quantitative estimate of drug-likeness (QED) is 0.865. The summed E-state index contributed by atoms with van der Waals surface area (Å²) in [5, 5.41) is 13.1. The van der Waals surface area contributed by atoms with Crippen LogP contribution in [0.25, 0.3) is 0 Å². The van der Waals surface area contributed by atoms with Gasteiger partial charge in [-0.25, -0.2) is 0 Å². The van der Waals surface area contributed by atoms with Crippen LogP contribution in [0.5, 0.6) is 5.75 Å². The summed E-state index contributed by atoms with van der Waals surface area (Å²) in [4.78, 5) is 0. The zero-order chi connectivity index (χ0) is 13.7. The molecular weight excluding hydrogens is 238 g/mol. The van der Waals surface area contributed by atoms with Gasteiger partial charge in [-0.15, -0.1) is 0 Å². The van der Waals surface area contributed by atoms with Gasteiger partial charge in [-0.05, 0) is 36.8 Å². The summed E-state index contributed by atoms with van der Waals surface area (Å²) in [6.07, 6.45) is 0. The molecule has 0 spiro atoms. The smallest absolute Gasteiger partial charge is 0.119 e. The van der Waals surface area contributed by atoms with Crippen molar-refractivity contribution >= 4 is 5.69 Å². The molecule has 0 amide bonds. The molecular formula is C16H19NO2. The minimum Gasteiger partial charge on any atom is -0.497 e. The van der Waals surface area contributed by atoms with Gasteiger partial charge in [-0.1, -0.05) is 30.3 Å². The number of aliphatic hydroxyl groups excluding tert-OH is 1. The predicted octanol–water partition coefficient (Wildman–Crippen LogP) is 3.01. The van der Waals surface area contributed by atoms with Crippen molar-refractivity contribution < 1.29 is 9.84 Å². The molecule has 2 rings (SSSR count). The zero-order valence-corrected chi connectivity index (χ0v) is 11.3. The molecule has 0 aliphatic rings. The maximum Gasteiger partial charge on any atom is 0.119 e. The molecule has 0 aliphatic heterocycles. The summed E-state index contributed by atoms with van der Waals surface area (Å²) in [6.45, 7) is 2.00. The molecule has 0 saturated heterocycles. The Bertz CT molecular complexity index is 510. The van der Waals surface area contributed by atoms with Crippen molar-refractivity contribution in [2.24, 2.45) is 0 Å². The molecule has 1 unspecified atom stereocenters. The average molecular weight is 257 g/mol. The molecule has 2 N–H and O–H groups in total. The van der Waals surface area contributed by atoms with Crippen LogP contribution in [-0.4, -0.2) is 18.8 Å². The van der Waals surface area contributed by atoms with Crippen LogP contribution < -0.4 is 10.1 Å². The van der Waals surface area contributed by atoms with Gasteiger partial charge in [0.2, 0.25) is 0 Å². The second kappa shape index (κ2) is 5.76. The van der Waals surface area contributed by atoms with Gasteiger partial charge in [0.1, 0.15) is 5.75 Å². The van der Waals surface area contributed by atoms with Crippen molar-refractivity contribution in [1.29, 1.82) is 0 Å². The van der Waals surface area contributed by atoms with Gasteiger partial charge in [0.15, 0.2) is 0 Å². The van der Waals surface area contributed by atoms with E-state index in [4.69, 9.17) is 4.74 Å². The van der Waals surface area contributed by atoms with E-state index in [0.29, 0.717) is 0 Å². The Morgan fingerprint density at radius 1 is 1.05 bits per heavy atom. The number of rotatable bonds is 5. The number of nitrogens with one attached hydrogen (secondary N) is 1. The van der Waals surface area contributed by atoms with Crippen LogP contribution in [0.1, 0.15) is 12.5 Å². The summed E-state index contributed by atoms with van der Waals surface area (Å²) in [5.41, 5.74) is 1.49. The van der Waals surface area contributed by atoms with Crippen LogP contribution in [0.4, 0.5) is 5.69 Å². The highest BCUT2D eigenvalue weighted by Crippen LogP contribution is 2.26. The maximum atomic E-state index is 9.71. The number of benzene rings is 2. The molecule has 0 heterocycles. The topological polar surface area (TPSA) is 41.5 Å². The van der Waals surface area contributed by atoms with Crippen LogP contribution >= 0.6 is 0 Å². The minimum absolute atomic E-state index is 0.0169. The first-order valence-corrected chi connectivity index (χ1v) is 6.26. The first kappa shape index (κ1) is 13.4. The molecule has 1 atom stereocenters. The Labute approximate surface area is 113 Å². The van der Waals surface area contributed by atoms with Crippen LogP contribution in [-0.2, 0) is 5.54 Å².